The monoisotopic (exact) mass is 198 g/mol. The SMILES string of the molecule is CC(C=O)=C(Cl)c1ccccc1F. The number of hydrogen-bond acceptors (Lipinski definition) is 1. The first kappa shape index (κ1) is 9.93. The Kier molecular flexibility index (Phi) is 3.20. The van der Waals surface area contributed by atoms with Crippen molar-refractivity contribution < 1.29 is 9.18 Å². The predicted octanol–water partition coefficient (Wildman–Crippen LogP) is 2.99. The van der Waals surface area contributed by atoms with Crippen LogP contribution in [0.5, 0.6) is 0 Å². The molecule has 0 aliphatic heterocycles. The van der Waals surface area contributed by atoms with Crippen LogP contribution in [-0.2, 0) is 4.79 Å². The minimum absolute atomic E-state index is 0.160. The summed E-state index contributed by atoms with van der Waals surface area (Å²) in [6.45, 7) is 1.54. The Morgan fingerprint density at radius 1 is 1.46 bits per heavy atom. The van der Waals surface area contributed by atoms with Gasteiger partial charge in [-0.1, -0.05) is 29.8 Å². The normalized spacial score (nSPS) is 12.2. The fourth-order valence-electron chi connectivity index (χ4n) is 0.903. The summed E-state index contributed by atoms with van der Waals surface area (Å²) in [6.07, 6.45) is 0.606. The number of carbonyl (C=O) groups excluding carboxylic acids is 1. The van der Waals surface area contributed by atoms with Crippen molar-refractivity contribution in [1.82, 2.24) is 0 Å². The highest BCUT2D eigenvalue weighted by molar-refractivity contribution is 6.50. The third-order valence-corrected chi connectivity index (χ3v) is 2.14. The summed E-state index contributed by atoms with van der Waals surface area (Å²) in [4.78, 5) is 10.4. The van der Waals surface area contributed by atoms with E-state index in [1.165, 1.54) is 12.1 Å². The van der Waals surface area contributed by atoms with E-state index in [1.807, 2.05) is 0 Å². The summed E-state index contributed by atoms with van der Waals surface area (Å²) in [6, 6.07) is 6.07. The lowest BCUT2D eigenvalue weighted by atomic mass is 10.1. The van der Waals surface area contributed by atoms with Crippen LogP contribution in [-0.4, -0.2) is 6.29 Å². The Balaban J connectivity index is 3.23. The zero-order valence-corrected chi connectivity index (χ0v) is 7.81. The van der Waals surface area contributed by atoms with Crippen LogP contribution in [0, 0.1) is 5.82 Å². The highest BCUT2D eigenvalue weighted by Crippen LogP contribution is 2.24. The molecule has 0 saturated carbocycles. The van der Waals surface area contributed by atoms with Crippen LogP contribution >= 0.6 is 11.6 Å². The molecule has 0 unspecified atom stereocenters. The zero-order valence-electron chi connectivity index (χ0n) is 7.05. The average Bonchev–Trinajstić information content (AvgIpc) is 2.16. The maximum atomic E-state index is 13.1. The standard InChI is InChI=1S/C10H8ClFO/c1-7(6-13)10(11)8-4-2-3-5-9(8)12/h2-6H,1H3. The van der Waals surface area contributed by atoms with E-state index < -0.39 is 5.82 Å². The molecule has 13 heavy (non-hydrogen) atoms. The fraction of sp³-hybridized carbons (Fsp3) is 0.100. The molecule has 0 N–H and O–H groups in total. The predicted molar refractivity (Wildman–Crippen MR) is 50.9 cm³/mol. The van der Waals surface area contributed by atoms with E-state index in [9.17, 15) is 9.18 Å². The summed E-state index contributed by atoms with van der Waals surface area (Å²) >= 11 is 5.77. The van der Waals surface area contributed by atoms with Gasteiger partial charge < -0.3 is 0 Å². The van der Waals surface area contributed by atoms with Gasteiger partial charge in [-0.05, 0) is 13.0 Å². The maximum absolute atomic E-state index is 13.1. The third-order valence-electron chi connectivity index (χ3n) is 1.63. The minimum atomic E-state index is -0.422. The number of benzene rings is 1. The van der Waals surface area contributed by atoms with E-state index in [0.717, 1.165) is 0 Å². The second-order valence-corrected chi connectivity index (χ2v) is 2.97. The van der Waals surface area contributed by atoms with Crippen molar-refractivity contribution in [3.63, 3.8) is 0 Å². The number of rotatable bonds is 2. The van der Waals surface area contributed by atoms with Crippen molar-refractivity contribution in [2.24, 2.45) is 0 Å². The zero-order chi connectivity index (χ0) is 9.84. The molecule has 0 aromatic heterocycles. The summed E-state index contributed by atoms with van der Waals surface area (Å²) < 4.78 is 13.1. The van der Waals surface area contributed by atoms with Gasteiger partial charge in [0.1, 0.15) is 12.1 Å². The molecule has 1 aromatic carbocycles. The van der Waals surface area contributed by atoms with Crippen molar-refractivity contribution in [3.8, 4) is 0 Å². The molecule has 3 heteroatoms. The number of aldehydes is 1. The Bertz CT molecular complexity index is 358. The molecule has 1 rings (SSSR count). The van der Waals surface area contributed by atoms with E-state index in [1.54, 1.807) is 19.1 Å². The van der Waals surface area contributed by atoms with E-state index in [-0.39, 0.29) is 10.6 Å². The smallest absolute Gasteiger partial charge is 0.147 e. The van der Waals surface area contributed by atoms with Crippen LogP contribution in [0.2, 0.25) is 0 Å². The first-order chi connectivity index (χ1) is 6.16. The summed E-state index contributed by atoms with van der Waals surface area (Å²) in [5.74, 6) is -0.422. The van der Waals surface area contributed by atoms with Crippen LogP contribution in [0.15, 0.2) is 29.8 Å². The summed E-state index contributed by atoms with van der Waals surface area (Å²) in [5.41, 5.74) is 0.584. The molecule has 0 aliphatic carbocycles. The van der Waals surface area contributed by atoms with Gasteiger partial charge in [0.15, 0.2) is 0 Å². The van der Waals surface area contributed by atoms with Crippen molar-refractivity contribution in [3.05, 3.63) is 41.2 Å². The van der Waals surface area contributed by atoms with Crippen molar-refractivity contribution >= 4 is 22.9 Å². The summed E-state index contributed by atoms with van der Waals surface area (Å²) in [7, 11) is 0. The molecule has 0 saturated heterocycles. The van der Waals surface area contributed by atoms with Crippen LogP contribution in [0.3, 0.4) is 0 Å². The van der Waals surface area contributed by atoms with E-state index in [0.29, 0.717) is 11.9 Å². The highest BCUT2D eigenvalue weighted by atomic mass is 35.5. The van der Waals surface area contributed by atoms with Crippen LogP contribution in [0.4, 0.5) is 4.39 Å². The van der Waals surface area contributed by atoms with Crippen molar-refractivity contribution in [2.45, 2.75) is 6.92 Å². The minimum Gasteiger partial charge on any atom is -0.298 e. The average molecular weight is 199 g/mol. The van der Waals surface area contributed by atoms with Gasteiger partial charge in [-0.15, -0.1) is 0 Å². The number of halogens is 2. The lowest BCUT2D eigenvalue weighted by molar-refractivity contribution is -0.104. The van der Waals surface area contributed by atoms with Crippen LogP contribution in [0.1, 0.15) is 12.5 Å². The molecule has 1 aromatic rings. The number of carbonyl (C=O) groups is 1. The van der Waals surface area contributed by atoms with Gasteiger partial charge in [0, 0.05) is 11.1 Å². The number of allylic oxidation sites excluding steroid dienone is 1. The Hall–Kier alpha value is -1.15. The highest BCUT2D eigenvalue weighted by Gasteiger charge is 2.06. The molecule has 68 valence electrons. The molecule has 0 radical (unpaired) electrons. The van der Waals surface area contributed by atoms with E-state index >= 15 is 0 Å². The molecular formula is C10H8ClFO. The van der Waals surface area contributed by atoms with Gasteiger partial charge in [-0.2, -0.15) is 0 Å². The quantitative estimate of drug-likeness (QED) is 0.528. The second kappa shape index (κ2) is 4.19. The van der Waals surface area contributed by atoms with Crippen molar-refractivity contribution in [2.75, 3.05) is 0 Å². The molecule has 0 fully saturated rings. The molecule has 0 atom stereocenters. The molecule has 0 heterocycles. The molecule has 0 spiro atoms. The molecule has 0 aliphatic rings. The van der Waals surface area contributed by atoms with Gasteiger partial charge in [0.25, 0.3) is 0 Å². The topological polar surface area (TPSA) is 17.1 Å². The van der Waals surface area contributed by atoms with Crippen LogP contribution in [0.25, 0.3) is 5.03 Å². The molecular weight excluding hydrogens is 191 g/mol. The first-order valence-electron chi connectivity index (χ1n) is 3.73. The molecule has 1 nitrogen and oxygen atoms in total. The van der Waals surface area contributed by atoms with Crippen LogP contribution < -0.4 is 0 Å². The fourth-order valence-corrected chi connectivity index (χ4v) is 1.10. The van der Waals surface area contributed by atoms with Crippen molar-refractivity contribution in [1.29, 1.82) is 0 Å². The lowest BCUT2D eigenvalue weighted by Gasteiger charge is -2.01. The van der Waals surface area contributed by atoms with Gasteiger partial charge >= 0.3 is 0 Å². The Labute approximate surface area is 80.8 Å². The second-order valence-electron chi connectivity index (χ2n) is 2.59. The van der Waals surface area contributed by atoms with E-state index in [4.69, 9.17) is 11.6 Å². The number of hydrogen-bond donors (Lipinski definition) is 0. The molecule has 0 amide bonds. The Morgan fingerprint density at radius 3 is 2.62 bits per heavy atom. The Morgan fingerprint density at radius 2 is 2.08 bits per heavy atom. The summed E-state index contributed by atoms with van der Waals surface area (Å²) in [5, 5.41) is 0.160. The van der Waals surface area contributed by atoms with Gasteiger partial charge in [0.05, 0.1) is 5.03 Å². The van der Waals surface area contributed by atoms with Gasteiger partial charge in [-0.3, -0.25) is 4.79 Å². The van der Waals surface area contributed by atoms with Gasteiger partial charge in [-0.25, -0.2) is 4.39 Å². The third kappa shape index (κ3) is 2.16. The first-order valence-corrected chi connectivity index (χ1v) is 4.11. The maximum Gasteiger partial charge on any atom is 0.147 e. The molecule has 0 bridgehead atoms. The lowest BCUT2D eigenvalue weighted by Crippen LogP contribution is -1.88. The largest absolute Gasteiger partial charge is 0.298 e. The van der Waals surface area contributed by atoms with Gasteiger partial charge in [0.2, 0.25) is 0 Å². The van der Waals surface area contributed by atoms with E-state index in [2.05, 4.69) is 0 Å².